The lowest BCUT2D eigenvalue weighted by Gasteiger charge is -2.19. The van der Waals surface area contributed by atoms with Gasteiger partial charge >= 0.3 is 0 Å². The van der Waals surface area contributed by atoms with Crippen LogP contribution in [-0.2, 0) is 0 Å². The number of aromatic nitrogens is 5. The zero-order valence-electron chi connectivity index (χ0n) is 16.9. The number of nitrogens with one attached hydrogen (secondary N) is 1. The van der Waals surface area contributed by atoms with Gasteiger partial charge in [0, 0.05) is 11.8 Å². The first-order chi connectivity index (χ1) is 15.1. The number of nitrogen functional groups attached to an aromatic ring is 1. The first-order valence-electron chi connectivity index (χ1n) is 9.52. The fourth-order valence-corrected chi connectivity index (χ4v) is 3.32. The number of ether oxygens (including phenoxy) is 1. The molecule has 156 valence electrons. The van der Waals surface area contributed by atoms with E-state index in [1.54, 1.807) is 0 Å². The smallest absolute Gasteiger partial charge is 0.252 e. The number of hydrogen-bond acceptors (Lipinski definition) is 8. The van der Waals surface area contributed by atoms with Crippen LogP contribution < -0.4 is 15.8 Å². The summed E-state index contributed by atoms with van der Waals surface area (Å²) in [6, 6.07) is 12.4. The summed E-state index contributed by atoms with van der Waals surface area (Å²) in [7, 11) is 1.36. The highest BCUT2D eigenvalue weighted by atomic mass is 19.1. The number of benzene rings is 1. The molecule has 0 fully saturated rings. The van der Waals surface area contributed by atoms with Crippen molar-refractivity contribution in [1.82, 2.24) is 24.5 Å². The summed E-state index contributed by atoms with van der Waals surface area (Å²) < 4.78 is 21.2. The number of anilines is 2. The van der Waals surface area contributed by atoms with Crippen molar-refractivity contribution in [3.63, 3.8) is 0 Å². The van der Waals surface area contributed by atoms with Crippen molar-refractivity contribution >= 4 is 22.8 Å². The van der Waals surface area contributed by atoms with E-state index in [1.165, 1.54) is 19.5 Å². The molecular formula is C21H19FN8O. The third-order valence-electron chi connectivity index (χ3n) is 4.81. The molecule has 31 heavy (non-hydrogen) atoms. The Kier molecular flexibility index (Phi) is 5.32. The summed E-state index contributed by atoms with van der Waals surface area (Å²) in [4.78, 5) is 17.0. The van der Waals surface area contributed by atoms with Crippen molar-refractivity contribution in [1.29, 1.82) is 5.26 Å². The Morgan fingerprint density at radius 3 is 2.71 bits per heavy atom. The van der Waals surface area contributed by atoms with Gasteiger partial charge < -0.3 is 15.8 Å². The van der Waals surface area contributed by atoms with E-state index in [1.807, 2.05) is 47.9 Å². The zero-order valence-corrected chi connectivity index (χ0v) is 16.9. The molecule has 0 amide bonds. The third kappa shape index (κ3) is 3.57. The Balaban J connectivity index is 1.91. The molecule has 4 rings (SSSR count). The van der Waals surface area contributed by atoms with Crippen LogP contribution in [0.15, 0.2) is 42.7 Å². The van der Waals surface area contributed by atoms with Crippen LogP contribution in [0, 0.1) is 17.1 Å². The Morgan fingerprint density at radius 2 is 2.03 bits per heavy atom. The van der Waals surface area contributed by atoms with Gasteiger partial charge in [-0.05, 0) is 18.6 Å². The number of nitrogens with two attached hydrogens (primary N) is 1. The summed E-state index contributed by atoms with van der Waals surface area (Å²) in [5.74, 6) is 0.234. The number of methoxy groups -OCH3 is 1. The largest absolute Gasteiger partial charge is 0.479 e. The second-order valence-corrected chi connectivity index (χ2v) is 6.66. The molecule has 1 atom stereocenters. The SMILES string of the molecule is CC[C@H](Nc1ncnc(N)c1C#N)c1nc2cc(F)c(OC)nc2n1-c1ccccc1. The van der Waals surface area contributed by atoms with Gasteiger partial charge in [0.05, 0.1) is 13.2 Å². The Bertz CT molecular complexity index is 1280. The third-order valence-corrected chi connectivity index (χ3v) is 4.81. The van der Waals surface area contributed by atoms with Crippen LogP contribution in [0.5, 0.6) is 5.88 Å². The fraction of sp³-hybridized carbons (Fsp3) is 0.190. The maximum absolute atomic E-state index is 14.3. The molecule has 0 aliphatic carbocycles. The van der Waals surface area contributed by atoms with Crippen LogP contribution in [0.1, 0.15) is 30.8 Å². The highest BCUT2D eigenvalue weighted by Crippen LogP contribution is 2.31. The summed E-state index contributed by atoms with van der Waals surface area (Å²) >= 11 is 0. The topological polar surface area (TPSA) is 128 Å². The van der Waals surface area contributed by atoms with E-state index < -0.39 is 5.82 Å². The van der Waals surface area contributed by atoms with Gasteiger partial charge in [-0.3, -0.25) is 4.57 Å². The van der Waals surface area contributed by atoms with Gasteiger partial charge in [-0.15, -0.1) is 0 Å². The molecule has 0 aliphatic rings. The van der Waals surface area contributed by atoms with Crippen LogP contribution in [0.3, 0.4) is 0 Å². The van der Waals surface area contributed by atoms with E-state index >= 15 is 0 Å². The standard InChI is InChI=1S/C21H19FN8O/c1-3-15(27-18-13(10-23)17(24)25-11-26-18)19-28-16-9-14(22)21(31-2)29-20(16)30(19)12-7-5-4-6-8-12/h4-9,11,15H,3H2,1-2H3,(H3,24,25,26,27)/t15-/m0/s1. The maximum Gasteiger partial charge on any atom is 0.252 e. The van der Waals surface area contributed by atoms with Crippen LogP contribution in [0.2, 0.25) is 0 Å². The normalized spacial score (nSPS) is 11.8. The Hall–Kier alpha value is -4.26. The molecule has 1 aromatic carbocycles. The highest BCUT2D eigenvalue weighted by Gasteiger charge is 2.24. The van der Waals surface area contributed by atoms with E-state index in [9.17, 15) is 9.65 Å². The summed E-state index contributed by atoms with van der Waals surface area (Å²) in [6.45, 7) is 1.96. The minimum Gasteiger partial charge on any atom is -0.479 e. The molecule has 10 heteroatoms. The van der Waals surface area contributed by atoms with Crippen LogP contribution in [-0.4, -0.2) is 31.6 Å². The minimum atomic E-state index is -0.601. The second-order valence-electron chi connectivity index (χ2n) is 6.66. The van der Waals surface area contributed by atoms with Gasteiger partial charge in [-0.2, -0.15) is 10.2 Å². The van der Waals surface area contributed by atoms with Gasteiger partial charge in [-0.25, -0.2) is 19.3 Å². The molecule has 0 saturated heterocycles. The van der Waals surface area contributed by atoms with Crippen LogP contribution >= 0.6 is 0 Å². The highest BCUT2D eigenvalue weighted by molar-refractivity contribution is 5.75. The number of para-hydroxylation sites is 1. The van der Waals surface area contributed by atoms with Crippen LogP contribution in [0.4, 0.5) is 16.0 Å². The average Bonchev–Trinajstić information content (AvgIpc) is 3.15. The van der Waals surface area contributed by atoms with Gasteiger partial charge in [0.15, 0.2) is 11.5 Å². The molecule has 4 aromatic rings. The number of nitriles is 1. The first-order valence-corrected chi connectivity index (χ1v) is 9.52. The summed E-state index contributed by atoms with van der Waals surface area (Å²) in [5.41, 5.74) is 7.58. The molecule has 9 nitrogen and oxygen atoms in total. The molecular weight excluding hydrogens is 399 g/mol. The zero-order chi connectivity index (χ0) is 22.0. The van der Waals surface area contributed by atoms with Crippen LogP contribution in [0.25, 0.3) is 16.9 Å². The Labute approximate surface area is 177 Å². The summed E-state index contributed by atoms with van der Waals surface area (Å²) in [6.07, 6.45) is 1.87. The quantitative estimate of drug-likeness (QED) is 0.488. The second kappa shape index (κ2) is 8.23. The lowest BCUT2D eigenvalue weighted by molar-refractivity contribution is 0.371. The lowest BCUT2D eigenvalue weighted by atomic mass is 10.2. The van der Waals surface area contributed by atoms with E-state index in [2.05, 4.69) is 25.3 Å². The number of nitrogens with zero attached hydrogens (tertiary/aromatic N) is 6. The van der Waals surface area contributed by atoms with E-state index in [4.69, 9.17) is 10.5 Å². The number of rotatable bonds is 6. The van der Waals surface area contributed by atoms with Gasteiger partial charge in [0.25, 0.3) is 5.88 Å². The minimum absolute atomic E-state index is 0.0832. The molecule has 3 aromatic heterocycles. The number of halogens is 1. The Morgan fingerprint density at radius 1 is 1.26 bits per heavy atom. The molecule has 3 N–H and O–H groups in total. The van der Waals surface area contributed by atoms with Crippen molar-refractivity contribution in [2.45, 2.75) is 19.4 Å². The number of pyridine rings is 1. The predicted octanol–water partition coefficient (Wildman–Crippen LogP) is 3.38. The van der Waals surface area contributed by atoms with Gasteiger partial charge in [0.2, 0.25) is 0 Å². The molecule has 0 aliphatic heterocycles. The van der Waals surface area contributed by atoms with Crippen molar-refractivity contribution in [2.24, 2.45) is 0 Å². The molecule has 0 spiro atoms. The van der Waals surface area contributed by atoms with E-state index in [0.29, 0.717) is 29.2 Å². The number of fused-ring (bicyclic) bond motifs is 1. The average molecular weight is 418 g/mol. The van der Waals surface area contributed by atoms with Crippen molar-refractivity contribution < 1.29 is 9.13 Å². The monoisotopic (exact) mass is 418 g/mol. The molecule has 0 unspecified atom stereocenters. The van der Waals surface area contributed by atoms with E-state index in [-0.39, 0.29) is 23.3 Å². The molecule has 0 saturated carbocycles. The van der Waals surface area contributed by atoms with Crippen molar-refractivity contribution in [3.05, 3.63) is 59.9 Å². The lowest BCUT2D eigenvalue weighted by Crippen LogP contribution is -2.17. The molecule has 0 radical (unpaired) electrons. The molecule has 0 bridgehead atoms. The fourth-order valence-electron chi connectivity index (χ4n) is 3.32. The van der Waals surface area contributed by atoms with Gasteiger partial charge in [-0.1, -0.05) is 25.1 Å². The molecule has 3 heterocycles. The maximum atomic E-state index is 14.3. The predicted molar refractivity (Wildman–Crippen MR) is 113 cm³/mol. The van der Waals surface area contributed by atoms with Crippen molar-refractivity contribution in [2.75, 3.05) is 18.2 Å². The number of hydrogen-bond donors (Lipinski definition) is 2. The van der Waals surface area contributed by atoms with Gasteiger partial charge in [0.1, 0.15) is 40.9 Å². The summed E-state index contributed by atoms with van der Waals surface area (Å²) in [5, 5.41) is 12.7. The van der Waals surface area contributed by atoms with Crippen molar-refractivity contribution in [3.8, 4) is 17.6 Å². The number of imidazole rings is 1. The van der Waals surface area contributed by atoms with E-state index in [0.717, 1.165) is 5.69 Å². The first kappa shape index (κ1) is 20.0.